The standard InChI is InChI=1S/C3H5Cl2NO.ClH/c4-1-2(6)3(5)7;/h2H,1,6H2;1H. The molecule has 1 unspecified atom stereocenters. The molecular formula is C3H6Cl3NO. The van der Waals surface area contributed by atoms with Gasteiger partial charge in [0, 0.05) is 5.88 Å². The Hall–Kier alpha value is 0.500. The van der Waals surface area contributed by atoms with Crippen LogP contribution in [0.2, 0.25) is 0 Å². The van der Waals surface area contributed by atoms with E-state index >= 15 is 0 Å². The summed E-state index contributed by atoms with van der Waals surface area (Å²) in [6, 6.07) is -0.705. The summed E-state index contributed by atoms with van der Waals surface area (Å²) in [5.74, 6) is 0.0856. The molecule has 0 aliphatic carbocycles. The highest BCUT2D eigenvalue weighted by molar-refractivity contribution is 6.65. The van der Waals surface area contributed by atoms with E-state index in [0.717, 1.165) is 0 Å². The first-order chi connectivity index (χ1) is 3.18. The molecule has 0 spiro atoms. The summed E-state index contributed by atoms with van der Waals surface area (Å²) >= 11 is 10.00. The second kappa shape index (κ2) is 5.63. The minimum atomic E-state index is -0.705. The molecule has 5 heteroatoms. The van der Waals surface area contributed by atoms with Crippen molar-refractivity contribution in [3.8, 4) is 0 Å². The molecule has 0 aliphatic rings. The van der Waals surface area contributed by atoms with Gasteiger partial charge in [0.05, 0.1) is 6.04 Å². The van der Waals surface area contributed by atoms with E-state index < -0.39 is 11.3 Å². The molecule has 0 bridgehead atoms. The van der Waals surface area contributed by atoms with Gasteiger partial charge in [0.25, 0.3) is 0 Å². The molecule has 8 heavy (non-hydrogen) atoms. The Morgan fingerprint density at radius 1 is 1.75 bits per heavy atom. The van der Waals surface area contributed by atoms with E-state index in [2.05, 4.69) is 0 Å². The molecule has 0 saturated carbocycles. The topological polar surface area (TPSA) is 43.1 Å². The molecular weight excluding hydrogens is 172 g/mol. The highest BCUT2D eigenvalue weighted by atomic mass is 35.5. The van der Waals surface area contributed by atoms with Crippen molar-refractivity contribution in [3.05, 3.63) is 0 Å². The average molecular weight is 178 g/mol. The van der Waals surface area contributed by atoms with Crippen LogP contribution in [0, 0.1) is 0 Å². The Labute approximate surface area is 63.7 Å². The van der Waals surface area contributed by atoms with Gasteiger partial charge >= 0.3 is 0 Å². The number of alkyl halides is 1. The molecule has 0 heterocycles. The van der Waals surface area contributed by atoms with Crippen LogP contribution in [0.1, 0.15) is 0 Å². The SMILES string of the molecule is Cl.NC(CCl)C(=O)Cl. The molecule has 0 rings (SSSR count). The molecule has 0 aromatic heterocycles. The summed E-state index contributed by atoms with van der Waals surface area (Å²) in [5, 5.41) is -0.588. The summed E-state index contributed by atoms with van der Waals surface area (Å²) in [6.45, 7) is 0. The van der Waals surface area contributed by atoms with Crippen molar-refractivity contribution in [1.82, 2.24) is 0 Å². The van der Waals surface area contributed by atoms with E-state index in [9.17, 15) is 4.79 Å². The molecule has 0 aliphatic heterocycles. The largest absolute Gasteiger partial charge is 0.319 e. The molecule has 0 aromatic rings. The lowest BCUT2D eigenvalue weighted by atomic mass is 10.4. The van der Waals surface area contributed by atoms with Crippen LogP contribution in [0.15, 0.2) is 0 Å². The predicted molar refractivity (Wildman–Crippen MR) is 36.8 cm³/mol. The number of carbonyl (C=O) groups excluding carboxylic acids is 1. The maximum Gasteiger partial charge on any atom is 0.239 e. The zero-order chi connectivity index (χ0) is 5.86. The highest BCUT2D eigenvalue weighted by Gasteiger charge is 2.06. The number of carbonyl (C=O) groups is 1. The van der Waals surface area contributed by atoms with Crippen molar-refractivity contribution in [2.75, 3.05) is 5.88 Å². The van der Waals surface area contributed by atoms with Gasteiger partial charge in [-0.15, -0.1) is 24.0 Å². The first kappa shape index (κ1) is 11.3. The number of hydrogen-bond donors (Lipinski definition) is 1. The van der Waals surface area contributed by atoms with Crippen LogP contribution in [0.5, 0.6) is 0 Å². The smallest absolute Gasteiger partial charge is 0.239 e. The Morgan fingerprint density at radius 3 is 2.12 bits per heavy atom. The zero-order valence-electron chi connectivity index (χ0n) is 3.93. The van der Waals surface area contributed by atoms with Crippen LogP contribution in [0.4, 0.5) is 0 Å². The van der Waals surface area contributed by atoms with E-state index in [-0.39, 0.29) is 18.3 Å². The molecule has 1 atom stereocenters. The van der Waals surface area contributed by atoms with Gasteiger partial charge < -0.3 is 5.73 Å². The second-order valence-corrected chi connectivity index (χ2v) is 1.75. The lowest BCUT2D eigenvalue weighted by Crippen LogP contribution is -2.28. The van der Waals surface area contributed by atoms with Crippen LogP contribution in [0.3, 0.4) is 0 Å². The zero-order valence-corrected chi connectivity index (χ0v) is 6.26. The minimum absolute atomic E-state index is 0. The monoisotopic (exact) mass is 177 g/mol. The quantitative estimate of drug-likeness (QED) is 0.501. The number of rotatable bonds is 2. The minimum Gasteiger partial charge on any atom is -0.319 e. The molecule has 0 saturated heterocycles. The van der Waals surface area contributed by atoms with Crippen molar-refractivity contribution >= 4 is 40.9 Å². The third kappa shape index (κ3) is 4.65. The number of halogens is 3. The van der Waals surface area contributed by atoms with Crippen LogP contribution in [-0.2, 0) is 4.79 Å². The molecule has 0 amide bonds. The van der Waals surface area contributed by atoms with Gasteiger partial charge in [-0.3, -0.25) is 4.79 Å². The predicted octanol–water partition coefficient (Wildman–Crippen LogP) is 0.740. The summed E-state index contributed by atoms with van der Waals surface area (Å²) in [5.41, 5.74) is 5.00. The van der Waals surface area contributed by atoms with Crippen molar-refractivity contribution in [3.63, 3.8) is 0 Å². The van der Waals surface area contributed by atoms with E-state index in [4.69, 9.17) is 28.9 Å². The van der Waals surface area contributed by atoms with Crippen LogP contribution in [-0.4, -0.2) is 17.2 Å². The molecule has 50 valence electrons. The van der Waals surface area contributed by atoms with Crippen molar-refractivity contribution in [2.24, 2.45) is 5.73 Å². The Balaban J connectivity index is 0. The maximum atomic E-state index is 9.93. The Bertz CT molecular complexity index is 76.9. The lowest BCUT2D eigenvalue weighted by molar-refractivity contribution is -0.112. The van der Waals surface area contributed by atoms with Gasteiger partial charge in [-0.25, -0.2) is 0 Å². The first-order valence-electron chi connectivity index (χ1n) is 1.69. The molecule has 0 aromatic carbocycles. The summed E-state index contributed by atoms with van der Waals surface area (Å²) in [4.78, 5) is 9.93. The average Bonchev–Trinajstić information content (AvgIpc) is 1.65. The highest BCUT2D eigenvalue weighted by Crippen LogP contribution is 1.88. The summed E-state index contributed by atoms with van der Waals surface area (Å²) in [6.07, 6.45) is 0. The fourth-order valence-corrected chi connectivity index (χ4v) is 0.357. The van der Waals surface area contributed by atoms with E-state index in [0.29, 0.717) is 0 Å². The third-order valence-corrected chi connectivity index (χ3v) is 1.07. The fraction of sp³-hybridized carbons (Fsp3) is 0.667. The van der Waals surface area contributed by atoms with Crippen molar-refractivity contribution in [2.45, 2.75) is 6.04 Å². The Morgan fingerprint density at radius 2 is 2.12 bits per heavy atom. The molecule has 0 radical (unpaired) electrons. The van der Waals surface area contributed by atoms with Gasteiger partial charge in [0.1, 0.15) is 0 Å². The normalized spacial score (nSPS) is 11.9. The fourth-order valence-electron chi connectivity index (χ4n) is 0.0607. The first-order valence-corrected chi connectivity index (χ1v) is 2.60. The van der Waals surface area contributed by atoms with Gasteiger partial charge in [-0.2, -0.15) is 0 Å². The molecule has 2 N–H and O–H groups in total. The van der Waals surface area contributed by atoms with E-state index in [1.807, 2.05) is 0 Å². The van der Waals surface area contributed by atoms with E-state index in [1.165, 1.54) is 0 Å². The van der Waals surface area contributed by atoms with Crippen LogP contribution in [0.25, 0.3) is 0 Å². The van der Waals surface area contributed by atoms with Gasteiger partial charge in [0.15, 0.2) is 0 Å². The van der Waals surface area contributed by atoms with Crippen LogP contribution >= 0.6 is 35.6 Å². The third-order valence-electron chi connectivity index (χ3n) is 0.458. The number of nitrogens with two attached hydrogens (primary N) is 1. The van der Waals surface area contributed by atoms with Gasteiger partial charge in [0.2, 0.25) is 5.24 Å². The maximum absolute atomic E-state index is 9.93. The van der Waals surface area contributed by atoms with Crippen LogP contribution < -0.4 is 5.73 Å². The van der Waals surface area contributed by atoms with Gasteiger partial charge in [-0.05, 0) is 11.6 Å². The molecule has 2 nitrogen and oxygen atoms in total. The summed E-state index contributed by atoms with van der Waals surface area (Å²) < 4.78 is 0. The van der Waals surface area contributed by atoms with Gasteiger partial charge in [-0.1, -0.05) is 0 Å². The lowest BCUT2D eigenvalue weighted by Gasteiger charge is -1.95. The Kier molecular flexibility index (Phi) is 7.97. The van der Waals surface area contributed by atoms with Crippen molar-refractivity contribution in [1.29, 1.82) is 0 Å². The summed E-state index contributed by atoms with van der Waals surface area (Å²) in [7, 11) is 0. The second-order valence-electron chi connectivity index (χ2n) is 1.06. The van der Waals surface area contributed by atoms with E-state index in [1.54, 1.807) is 0 Å². The molecule has 0 fully saturated rings. The number of hydrogen-bond acceptors (Lipinski definition) is 2. The van der Waals surface area contributed by atoms with Crippen molar-refractivity contribution < 1.29 is 4.79 Å².